The van der Waals surface area contributed by atoms with E-state index in [1.807, 2.05) is 0 Å². The number of carbonyl (C=O) groups is 2. The maximum atomic E-state index is 10.5. The number of aromatic nitrogens is 1. The van der Waals surface area contributed by atoms with E-state index < -0.39 is 12.1 Å². The molecule has 6 heteroatoms. The van der Waals surface area contributed by atoms with E-state index in [4.69, 9.17) is 10.2 Å². The highest BCUT2D eigenvalue weighted by molar-refractivity contribution is 9.10. The molecule has 0 aliphatic rings. The van der Waals surface area contributed by atoms with Crippen LogP contribution in [0.5, 0.6) is 0 Å². The number of hydrogen-bond donors (Lipinski definition) is 2. The molecule has 2 N–H and O–H groups in total. The van der Waals surface area contributed by atoms with Crippen LogP contribution >= 0.6 is 15.9 Å². The second-order valence-electron chi connectivity index (χ2n) is 1.96. The van der Waals surface area contributed by atoms with Crippen LogP contribution < -0.4 is 0 Å². The number of carboxylic acids is 1. The molecule has 0 aliphatic heterocycles. The summed E-state index contributed by atoms with van der Waals surface area (Å²) in [7, 11) is 0. The molecule has 0 atom stereocenters. The SMILES string of the molecule is O=C(O)c1ccc(Br)n1C(=O)O. The highest BCUT2D eigenvalue weighted by Gasteiger charge is 2.16. The van der Waals surface area contributed by atoms with E-state index in [0.717, 1.165) is 0 Å². The highest BCUT2D eigenvalue weighted by atomic mass is 79.9. The fourth-order valence-electron chi connectivity index (χ4n) is 0.773. The van der Waals surface area contributed by atoms with Crippen LogP contribution in [-0.4, -0.2) is 26.8 Å². The van der Waals surface area contributed by atoms with E-state index in [-0.39, 0.29) is 10.3 Å². The first-order valence-corrected chi connectivity index (χ1v) is 3.67. The van der Waals surface area contributed by atoms with Gasteiger partial charge in [0, 0.05) is 0 Å². The lowest BCUT2D eigenvalue weighted by molar-refractivity contribution is 0.0684. The molecular formula is C6H4BrNO4. The Bertz CT molecular complexity index is 343. The van der Waals surface area contributed by atoms with E-state index >= 15 is 0 Å². The number of hydrogen-bond acceptors (Lipinski definition) is 2. The molecule has 0 radical (unpaired) electrons. The zero-order valence-electron chi connectivity index (χ0n) is 5.69. The molecular weight excluding hydrogens is 230 g/mol. The van der Waals surface area contributed by atoms with Crippen molar-refractivity contribution in [3.8, 4) is 0 Å². The molecule has 1 rings (SSSR count). The molecule has 0 aromatic carbocycles. The lowest BCUT2D eigenvalue weighted by Gasteiger charge is -1.99. The van der Waals surface area contributed by atoms with E-state index in [0.29, 0.717) is 4.57 Å². The molecule has 12 heavy (non-hydrogen) atoms. The molecule has 1 aromatic heterocycles. The van der Waals surface area contributed by atoms with Gasteiger partial charge in [-0.05, 0) is 28.1 Å². The van der Waals surface area contributed by atoms with Crippen LogP contribution in [0, 0.1) is 0 Å². The monoisotopic (exact) mass is 233 g/mol. The molecule has 64 valence electrons. The zero-order valence-corrected chi connectivity index (χ0v) is 7.28. The van der Waals surface area contributed by atoms with Gasteiger partial charge in [-0.1, -0.05) is 0 Å². The fourth-order valence-corrected chi connectivity index (χ4v) is 1.25. The predicted octanol–water partition coefficient (Wildman–Crippen LogP) is 1.47. The second kappa shape index (κ2) is 2.98. The van der Waals surface area contributed by atoms with Crippen molar-refractivity contribution in [1.82, 2.24) is 4.57 Å². The summed E-state index contributed by atoms with van der Waals surface area (Å²) in [6, 6.07) is 2.57. The molecule has 5 nitrogen and oxygen atoms in total. The maximum Gasteiger partial charge on any atom is 0.417 e. The van der Waals surface area contributed by atoms with Gasteiger partial charge in [-0.2, -0.15) is 0 Å². The molecule has 0 bridgehead atoms. The summed E-state index contributed by atoms with van der Waals surface area (Å²) in [6.07, 6.45) is -1.33. The van der Waals surface area contributed by atoms with E-state index in [9.17, 15) is 9.59 Å². The first kappa shape index (κ1) is 8.79. The lowest BCUT2D eigenvalue weighted by Crippen LogP contribution is -2.15. The summed E-state index contributed by atoms with van der Waals surface area (Å²) in [5, 5.41) is 17.1. The number of halogens is 1. The molecule has 0 amide bonds. The topological polar surface area (TPSA) is 79.5 Å². The Balaban J connectivity index is 3.31. The largest absolute Gasteiger partial charge is 0.477 e. The van der Waals surface area contributed by atoms with Crippen LogP contribution in [0.4, 0.5) is 4.79 Å². The predicted molar refractivity (Wildman–Crippen MR) is 42.5 cm³/mol. The van der Waals surface area contributed by atoms with Crippen molar-refractivity contribution in [2.45, 2.75) is 0 Å². The summed E-state index contributed by atoms with van der Waals surface area (Å²) in [6.45, 7) is 0. The highest BCUT2D eigenvalue weighted by Crippen LogP contribution is 2.14. The van der Waals surface area contributed by atoms with Gasteiger partial charge in [0.25, 0.3) is 0 Å². The van der Waals surface area contributed by atoms with Crippen molar-refractivity contribution in [3.05, 3.63) is 22.4 Å². The minimum atomic E-state index is -1.33. The van der Waals surface area contributed by atoms with Crippen LogP contribution in [-0.2, 0) is 0 Å². The summed E-state index contributed by atoms with van der Waals surface area (Å²) in [5.41, 5.74) is -0.283. The van der Waals surface area contributed by atoms with Crippen molar-refractivity contribution in [3.63, 3.8) is 0 Å². The van der Waals surface area contributed by atoms with Gasteiger partial charge in [-0.15, -0.1) is 0 Å². The van der Waals surface area contributed by atoms with Crippen molar-refractivity contribution < 1.29 is 19.8 Å². The normalized spacial score (nSPS) is 9.75. The van der Waals surface area contributed by atoms with Gasteiger partial charge in [0.1, 0.15) is 5.69 Å². The van der Waals surface area contributed by atoms with Crippen molar-refractivity contribution in [2.75, 3.05) is 0 Å². The van der Waals surface area contributed by atoms with E-state index in [1.54, 1.807) is 0 Å². The molecule has 0 saturated heterocycles. The summed E-state index contributed by atoms with van der Waals surface area (Å²) in [5.74, 6) is -1.27. The zero-order chi connectivity index (χ0) is 9.30. The Kier molecular flexibility index (Phi) is 2.18. The molecule has 0 fully saturated rings. The van der Waals surface area contributed by atoms with Gasteiger partial charge in [0.05, 0.1) is 4.60 Å². The van der Waals surface area contributed by atoms with Crippen molar-refractivity contribution >= 4 is 28.0 Å². The van der Waals surface area contributed by atoms with Crippen LogP contribution in [0.2, 0.25) is 0 Å². The van der Waals surface area contributed by atoms with Crippen molar-refractivity contribution in [2.24, 2.45) is 0 Å². The minimum Gasteiger partial charge on any atom is -0.477 e. The van der Waals surface area contributed by atoms with Crippen LogP contribution in [0.15, 0.2) is 16.7 Å². The first-order chi connectivity index (χ1) is 5.54. The van der Waals surface area contributed by atoms with Gasteiger partial charge >= 0.3 is 12.1 Å². The van der Waals surface area contributed by atoms with Crippen LogP contribution in [0.1, 0.15) is 10.5 Å². The van der Waals surface area contributed by atoms with Crippen LogP contribution in [0.3, 0.4) is 0 Å². The van der Waals surface area contributed by atoms with Gasteiger partial charge < -0.3 is 10.2 Å². The minimum absolute atomic E-state index is 0.201. The maximum absolute atomic E-state index is 10.5. The Hall–Kier alpha value is -1.30. The molecule has 0 spiro atoms. The van der Waals surface area contributed by atoms with E-state index in [1.165, 1.54) is 12.1 Å². The number of rotatable bonds is 1. The summed E-state index contributed by atoms with van der Waals surface area (Å²) >= 11 is 2.90. The third-order valence-corrected chi connectivity index (χ3v) is 1.86. The average Bonchev–Trinajstić information content (AvgIpc) is 2.30. The van der Waals surface area contributed by atoms with Gasteiger partial charge in [0.15, 0.2) is 0 Å². The summed E-state index contributed by atoms with van der Waals surface area (Å²) in [4.78, 5) is 20.9. The summed E-state index contributed by atoms with van der Waals surface area (Å²) < 4.78 is 0.843. The number of aromatic carboxylic acids is 1. The Morgan fingerprint density at radius 3 is 2.25 bits per heavy atom. The van der Waals surface area contributed by atoms with Crippen molar-refractivity contribution in [1.29, 1.82) is 0 Å². The fraction of sp³-hybridized carbons (Fsp3) is 0. The third-order valence-electron chi connectivity index (χ3n) is 1.24. The Morgan fingerprint density at radius 2 is 1.92 bits per heavy atom. The lowest BCUT2D eigenvalue weighted by atomic mass is 10.4. The molecule has 1 heterocycles. The third kappa shape index (κ3) is 1.33. The number of nitrogens with zero attached hydrogens (tertiary/aromatic N) is 1. The molecule has 0 aliphatic carbocycles. The molecule has 1 aromatic rings. The van der Waals surface area contributed by atoms with E-state index in [2.05, 4.69) is 15.9 Å². The second-order valence-corrected chi connectivity index (χ2v) is 2.78. The quantitative estimate of drug-likeness (QED) is 0.770. The standard InChI is InChI=1S/C6H4BrNO4/c7-4-2-1-3(5(9)10)8(4)6(11)12/h1-2H,(H,9,10)(H,11,12). The van der Waals surface area contributed by atoms with Gasteiger partial charge in [0.2, 0.25) is 0 Å². The Labute approximate surface area is 75.4 Å². The average molecular weight is 234 g/mol. The van der Waals surface area contributed by atoms with Crippen LogP contribution in [0.25, 0.3) is 0 Å². The van der Waals surface area contributed by atoms with Gasteiger partial charge in [-0.3, -0.25) is 0 Å². The Morgan fingerprint density at radius 1 is 1.33 bits per heavy atom. The molecule has 0 unspecified atom stereocenters. The first-order valence-electron chi connectivity index (χ1n) is 2.88. The smallest absolute Gasteiger partial charge is 0.417 e. The molecule has 0 saturated carbocycles. The van der Waals surface area contributed by atoms with Gasteiger partial charge in [-0.25, -0.2) is 14.2 Å². The number of carboxylic acid groups (broad SMARTS) is 2.